The van der Waals surface area contributed by atoms with Crippen LogP contribution in [0.1, 0.15) is 18.2 Å². The van der Waals surface area contributed by atoms with Gasteiger partial charge in [-0.3, -0.25) is 4.98 Å². The summed E-state index contributed by atoms with van der Waals surface area (Å²) < 4.78 is 11.2. The average Bonchev–Trinajstić information content (AvgIpc) is 3.17. The maximum absolute atomic E-state index is 5.68. The number of para-hydroxylation sites is 2. The third-order valence-corrected chi connectivity index (χ3v) is 4.13. The number of nitrogens with zero attached hydrogens (tertiary/aromatic N) is 2. The molecule has 0 saturated heterocycles. The van der Waals surface area contributed by atoms with E-state index < -0.39 is 0 Å². The highest BCUT2D eigenvalue weighted by molar-refractivity contribution is 7.80. The fourth-order valence-electron chi connectivity index (χ4n) is 2.54. The normalized spacial score (nSPS) is 10.3. The van der Waals surface area contributed by atoms with Crippen molar-refractivity contribution in [3.05, 3.63) is 78.5 Å². The van der Waals surface area contributed by atoms with E-state index in [9.17, 15) is 0 Å². The van der Waals surface area contributed by atoms with Crippen molar-refractivity contribution < 1.29 is 9.15 Å². The summed E-state index contributed by atoms with van der Waals surface area (Å²) in [7, 11) is 0. The molecule has 0 radical (unpaired) electrons. The highest BCUT2D eigenvalue weighted by atomic mass is 32.1. The molecule has 0 bridgehead atoms. The Bertz CT molecular complexity index is 822. The Morgan fingerprint density at radius 2 is 1.92 bits per heavy atom. The Kier molecular flexibility index (Phi) is 6.22. The molecule has 26 heavy (non-hydrogen) atoms. The number of hydrogen-bond donors (Lipinski definition) is 1. The minimum atomic E-state index is 0.567. The molecular weight excluding hydrogens is 346 g/mol. The predicted octanol–water partition coefficient (Wildman–Crippen LogP) is 4.47. The van der Waals surface area contributed by atoms with Gasteiger partial charge in [0.1, 0.15) is 11.5 Å². The standard InChI is InChI=1S/C20H21N3O2S/c1-2-24-19-8-4-3-7-18(19)22-20(26)23(15-17-6-5-13-25-17)14-16-9-11-21-12-10-16/h3-13H,2,14-15H2,1H3,(H,22,26). The van der Waals surface area contributed by atoms with Crippen molar-refractivity contribution in [3.63, 3.8) is 0 Å². The lowest BCUT2D eigenvalue weighted by Crippen LogP contribution is -2.33. The molecule has 0 saturated carbocycles. The van der Waals surface area contributed by atoms with Gasteiger partial charge < -0.3 is 19.4 Å². The first-order valence-electron chi connectivity index (χ1n) is 8.45. The van der Waals surface area contributed by atoms with Crippen LogP contribution in [0.5, 0.6) is 5.75 Å². The molecule has 3 aromatic rings. The molecule has 6 heteroatoms. The SMILES string of the molecule is CCOc1ccccc1NC(=S)N(Cc1ccncc1)Cc1ccco1. The first kappa shape index (κ1) is 17.9. The van der Waals surface area contributed by atoms with Crippen LogP contribution in [0.3, 0.4) is 0 Å². The van der Waals surface area contributed by atoms with E-state index in [0.29, 0.717) is 24.8 Å². The van der Waals surface area contributed by atoms with E-state index in [1.165, 1.54) is 0 Å². The number of hydrogen-bond acceptors (Lipinski definition) is 4. The fourth-order valence-corrected chi connectivity index (χ4v) is 2.78. The predicted molar refractivity (Wildman–Crippen MR) is 106 cm³/mol. The largest absolute Gasteiger partial charge is 0.492 e. The van der Waals surface area contributed by atoms with Crippen molar-refractivity contribution in [2.75, 3.05) is 11.9 Å². The Labute approximate surface area is 158 Å². The number of rotatable bonds is 7. The van der Waals surface area contributed by atoms with Gasteiger partial charge in [0.05, 0.1) is 25.1 Å². The van der Waals surface area contributed by atoms with E-state index in [4.69, 9.17) is 21.4 Å². The Hall–Kier alpha value is -2.86. The van der Waals surface area contributed by atoms with Gasteiger partial charge in [-0.05, 0) is 61.1 Å². The lowest BCUT2D eigenvalue weighted by molar-refractivity contribution is 0.341. The van der Waals surface area contributed by atoms with Crippen molar-refractivity contribution in [2.24, 2.45) is 0 Å². The summed E-state index contributed by atoms with van der Waals surface area (Å²) in [5.41, 5.74) is 1.97. The number of ether oxygens (including phenoxy) is 1. The van der Waals surface area contributed by atoms with E-state index in [1.54, 1.807) is 18.7 Å². The van der Waals surface area contributed by atoms with Gasteiger partial charge in [-0.2, -0.15) is 0 Å². The number of aromatic nitrogens is 1. The molecule has 0 aliphatic heterocycles. The van der Waals surface area contributed by atoms with E-state index in [0.717, 1.165) is 22.8 Å². The molecule has 2 heterocycles. The van der Waals surface area contributed by atoms with Crippen LogP contribution >= 0.6 is 12.2 Å². The summed E-state index contributed by atoms with van der Waals surface area (Å²) >= 11 is 5.68. The first-order chi connectivity index (χ1) is 12.8. The zero-order valence-corrected chi connectivity index (χ0v) is 15.4. The maximum Gasteiger partial charge on any atom is 0.174 e. The molecule has 5 nitrogen and oxygen atoms in total. The van der Waals surface area contributed by atoms with Gasteiger partial charge >= 0.3 is 0 Å². The molecule has 0 spiro atoms. The highest BCUT2D eigenvalue weighted by Gasteiger charge is 2.14. The molecular formula is C20H21N3O2S. The molecule has 0 fully saturated rings. The summed E-state index contributed by atoms with van der Waals surface area (Å²) in [6.45, 7) is 3.77. The van der Waals surface area contributed by atoms with E-state index in [-0.39, 0.29) is 0 Å². The monoisotopic (exact) mass is 367 g/mol. The third kappa shape index (κ3) is 4.83. The molecule has 0 aliphatic carbocycles. The van der Waals surface area contributed by atoms with Crippen molar-refractivity contribution in [2.45, 2.75) is 20.0 Å². The van der Waals surface area contributed by atoms with Gasteiger partial charge in [0.2, 0.25) is 0 Å². The Morgan fingerprint density at radius 3 is 2.65 bits per heavy atom. The maximum atomic E-state index is 5.68. The van der Waals surface area contributed by atoms with Crippen molar-refractivity contribution in [3.8, 4) is 5.75 Å². The molecule has 2 aromatic heterocycles. The molecule has 0 atom stereocenters. The summed E-state index contributed by atoms with van der Waals surface area (Å²) in [4.78, 5) is 6.12. The summed E-state index contributed by atoms with van der Waals surface area (Å²) in [5.74, 6) is 1.63. The lowest BCUT2D eigenvalue weighted by Gasteiger charge is -2.25. The van der Waals surface area contributed by atoms with E-state index in [1.807, 2.05) is 60.4 Å². The number of anilines is 1. The number of thiocarbonyl (C=S) groups is 1. The van der Waals surface area contributed by atoms with Crippen LogP contribution in [-0.4, -0.2) is 21.6 Å². The zero-order chi connectivity index (χ0) is 18.2. The van der Waals surface area contributed by atoms with Crippen LogP contribution in [-0.2, 0) is 13.1 Å². The lowest BCUT2D eigenvalue weighted by atomic mass is 10.2. The minimum absolute atomic E-state index is 0.567. The summed E-state index contributed by atoms with van der Waals surface area (Å²) in [5, 5.41) is 3.91. The number of furan rings is 1. The van der Waals surface area contributed by atoms with E-state index in [2.05, 4.69) is 10.3 Å². The van der Waals surface area contributed by atoms with Gasteiger partial charge in [0.15, 0.2) is 5.11 Å². The van der Waals surface area contributed by atoms with Gasteiger partial charge in [0, 0.05) is 18.9 Å². The van der Waals surface area contributed by atoms with Crippen molar-refractivity contribution >= 4 is 23.0 Å². The topological polar surface area (TPSA) is 50.5 Å². The Morgan fingerprint density at radius 1 is 1.12 bits per heavy atom. The van der Waals surface area contributed by atoms with Crippen molar-refractivity contribution in [1.29, 1.82) is 0 Å². The fraction of sp³-hybridized carbons (Fsp3) is 0.200. The first-order valence-corrected chi connectivity index (χ1v) is 8.86. The van der Waals surface area contributed by atoms with E-state index >= 15 is 0 Å². The van der Waals surface area contributed by atoms with Crippen LogP contribution in [0.4, 0.5) is 5.69 Å². The summed E-state index contributed by atoms with van der Waals surface area (Å²) in [6.07, 6.45) is 5.23. The van der Waals surface area contributed by atoms with Gasteiger partial charge in [0.25, 0.3) is 0 Å². The minimum Gasteiger partial charge on any atom is -0.492 e. The number of nitrogens with one attached hydrogen (secondary N) is 1. The Balaban J connectivity index is 1.78. The van der Waals surface area contributed by atoms with Crippen LogP contribution in [0.2, 0.25) is 0 Å². The number of pyridine rings is 1. The van der Waals surface area contributed by atoms with Crippen LogP contribution in [0.15, 0.2) is 71.6 Å². The third-order valence-electron chi connectivity index (χ3n) is 3.77. The van der Waals surface area contributed by atoms with Crippen LogP contribution < -0.4 is 10.1 Å². The molecule has 0 unspecified atom stereocenters. The van der Waals surface area contributed by atoms with Crippen LogP contribution in [0, 0.1) is 0 Å². The van der Waals surface area contributed by atoms with Crippen molar-refractivity contribution in [1.82, 2.24) is 9.88 Å². The second-order valence-corrected chi connectivity index (χ2v) is 6.04. The number of benzene rings is 1. The molecule has 134 valence electrons. The highest BCUT2D eigenvalue weighted by Crippen LogP contribution is 2.24. The van der Waals surface area contributed by atoms with Gasteiger partial charge in [-0.15, -0.1) is 0 Å². The summed E-state index contributed by atoms with van der Waals surface area (Å²) in [6, 6.07) is 15.5. The van der Waals surface area contributed by atoms with Crippen LogP contribution in [0.25, 0.3) is 0 Å². The van der Waals surface area contributed by atoms with Gasteiger partial charge in [-0.1, -0.05) is 12.1 Å². The average molecular weight is 367 g/mol. The molecule has 1 aromatic carbocycles. The molecule has 3 rings (SSSR count). The quantitative estimate of drug-likeness (QED) is 0.622. The molecule has 1 N–H and O–H groups in total. The second kappa shape index (κ2) is 9.01. The zero-order valence-electron chi connectivity index (χ0n) is 14.6. The van der Waals surface area contributed by atoms with Gasteiger partial charge in [-0.25, -0.2) is 0 Å². The smallest absolute Gasteiger partial charge is 0.174 e. The molecule has 0 aliphatic rings. The second-order valence-electron chi connectivity index (χ2n) is 5.65. The molecule has 0 amide bonds.